The van der Waals surface area contributed by atoms with E-state index in [4.69, 9.17) is 4.74 Å². The van der Waals surface area contributed by atoms with Crippen molar-refractivity contribution in [3.05, 3.63) is 59.7 Å². The standard InChI is InChI=1S/C21H26N2O2/c1-4-6-15-25-17-13-11-16(12-14-17)21(5-2)22-19-10-8-7-9-18(19)20(24)23(21)3/h7-14,22H,4-6,15H2,1-3H3. The van der Waals surface area contributed by atoms with E-state index in [0.717, 1.165) is 42.9 Å². The Morgan fingerprint density at radius 3 is 2.48 bits per heavy atom. The van der Waals surface area contributed by atoms with Crippen molar-refractivity contribution in [3.63, 3.8) is 0 Å². The van der Waals surface area contributed by atoms with E-state index in [1.807, 2.05) is 48.3 Å². The average molecular weight is 338 g/mol. The number of carbonyl (C=O) groups excluding carboxylic acids is 1. The van der Waals surface area contributed by atoms with Crippen molar-refractivity contribution in [2.24, 2.45) is 0 Å². The number of carbonyl (C=O) groups is 1. The number of unbranched alkanes of at least 4 members (excludes halogenated alkanes) is 1. The van der Waals surface area contributed by atoms with Crippen LogP contribution in [0.15, 0.2) is 48.5 Å². The first-order valence-corrected chi connectivity index (χ1v) is 9.01. The smallest absolute Gasteiger partial charge is 0.257 e. The molecule has 4 heteroatoms. The summed E-state index contributed by atoms with van der Waals surface area (Å²) < 4.78 is 5.76. The largest absolute Gasteiger partial charge is 0.494 e. The lowest BCUT2D eigenvalue weighted by Gasteiger charge is -2.46. The maximum absolute atomic E-state index is 12.9. The van der Waals surface area contributed by atoms with Crippen molar-refractivity contribution in [3.8, 4) is 5.75 Å². The summed E-state index contributed by atoms with van der Waals surface area (Å²) in [6.45, 7) is 4.98. The maximum atomic E-state index is 12.9. The van der Waals surface area contributed by atoms with Crippen molar-refractivity contribution in [2.45, 2.75) is 38.8 Å². The molecule has 132 valence electrons. The monoisotopic (exact) mass is 338 g/mol. The number of ether oxygens (including phenoxy) is 1. The number of rotatable bonds is 6. The Labute approximate surface area is 149 Å². The normalized spacial score (nSPS) is 19.3. The fourth-order valence-corrected chi connectivity index (χ4v) is 3.40. The molecule has 4 nitrogen and oxygen atoms in total. The molecule has 0 spiro atoms. The molecule has 1 atom stereocenters. The van der Waals surface area contributed by atoms with Crippen molar-refractivity contribution in [1.82, 2.24) is 4.90 Å². The van der Waals surface area contributed by atoms with Gasteiger partial charge in [-0.3, -0.25) is 4.79 Å². The molecule has 0 aromatic heterocycles. The molecule has 2 aromatic rings. The molecule has 0 radical (unpaired) electrons. The van der Waals surface area contributed by atoms with Gasteiger partial charge in [-0.2, -0.15) is 0 Å². The van der Waals surface area contributed by atoms with E-state index in [1.54, 1.807) is 0 Å². The van der Waals surface area contributed by atoms with Crippen molar-refractivity contribution in [1.29, 1.82) is 0 Å². The third kappa shape index (κ3) is 3.09. The highest BCUT2D eigenvalue weighted by Crippen LogP contribution is 2.39. The third-order valence-corrected chi connectivity index (χ3v) is 4.99. The van der Waals surface area contributed by atoms with Crippen LogP contribution in [0.1, 0.15) is 49.0 Å². The molecule has 0 saturated heterocycles. The summed E-state index contributed by atoms with van der Waals surface area (Å²) in [5.74, 6) is 0.910. The first kappa shape index (κ1) is 17.3. The Morgan fingerprint density at radius 2 is 1.80 bits per heavy atom. The molecule has 1 heterocycles. The average Bonchev–Trinajstić information content (AvgIpc) is 2.66. The number of nitrogens with one attached hydrogen (secondary N) is 1. The minimum absolute atomic E-state index is 0.0412. The Bertz CT molecular complexity index is 742. The summed E-state index contributed by atoms with van der Waals surface area (Å²) in [4.78, 5) is 14.7. The predicted molar refractivity (Wildman–Crippen MR) is 101 cm³/mol. The van der Waals surface area contributed by atoms with E-state index in [2.05, 4.69) is 31.3 Å². The summed E-state index contributed by atoms with van der Waals surface area (Å²) in [6, 6.07) is 15.8. The number of nitrogens with zero attached hydrogens (tertiary/aromatic N) is 1. The highest BCUT2D eigenvalue weighted by atomic mass is 16.5. The number of amides is 1. The summed E-state index contributed by atoms with van der Waals surface area (Å²) in [5, 5.41) is 3.59. The Hall–Kier alpha value is -2.49. The number of hydrogen-bond acceptors (Lipinski definition) is 3. The molecule has 1 N–H and O–H groups in total. The van der Waals surface area contributed by atoms with Gasteiger partial charge in [-0.15, -0.1) is 0 Å². The van der Waals surface area contributed by atoms with Gasteiger partial charge >= 0.3 is 0 Å². The van der Waals surface area contributed by atoms with Crippen molar-refractivity contribution < 1.29 is 9.53 Å². The predicted octanol–water partition coefficient (Wildman–Crippen LogP) is 4.63. The van der Waals surface area contributed by atoms with Gasteiger partial charge in [-0.1, -0.05) is 44.5 Å². The summed E-state index contributed by atoms with van der Waals surface area (Å²) >= 11 is 0. The molecule has 1 unspecified atom stereocenters. The van der Waals surface area contributed by atoms with Gasteiger partial charge in [0.1, 0.15) is 11.4 Å². The summed E-state index contributed by atoms with van der Waals surface area (Å²) in [5.41, 5.74) is 2.11. The lowest BCUT2D eigenvalue weighted by Crippen LogP contribution is -2.55. The zero-order chi connectivity index (χ0) is 17.9. The second kappa shape index (κ2) is 7.18. The molecule has 3 rings (SSSR count). The van der Waals surface area contributed by atoms with Gasteiger partial charge in [0.05, 0.1) is 12.2 Å². The molecule has 0 aliphatic carbocycles. The molecule has 1 aliphatic rings. The second-order valence-electron chi connectivity index (χ2n) is 6.47. The second-order valence-corrected chi connectivity index (χ2v) is 6.47. The highest BCUT2D eigenvalue weighted by molar-refractivity contribution is 6.02. The Kier molecular flexibility index (Phi) is 4.98. The van der Waals surface area contributed by atoms with Gasteiger partial charge in [0.2, 0.25) is 0 Å². The number of para-hydroxylation sites is 1. The minimum atomic E-state index is -0.548. The van der Waals surface area contributed by atoms with Gasteiger partial charge in [-0.25, -0.2) is 0 Å². The molecule has 2 aromatic carbocycles. The quantitative estimate of drug-likeness (QED) is 0.781. The number of anilines is 1. The molecular formula is C21H26N2O2. The summed E-state index contributed by atoms with van der Waals surface area (Å²) in [6.07, 6.45) is 2.93. The Balaban J connectivity index is 1.92. The van der Waals surface area contributed by atoms with Gasteiger partial charge in [0.25, 0.3) is 5.91 Å². The number of hydrogen-bond donors (Lipinski definition) is 1. The topological polar surface area (TPSA) is 41.6 Å². The van der Waals surface area contributed by atoms with Crippen LogP contribution in [0.25, 0.3) is 0 Å². The molecule has 1 amide bonds. The van der Waals surface area contributed by atoms with Crippen LogP contribution in [0.2, 0.25) is 0 Å². The van der Waals surface area contributed by atoms with E-state index in [1.165, 1.54) is 0 Å². The number of benzene rings is 2. The fourth-order valence-electron chi connectivity index (χ4n) is 3.40. The van der Waals surface area contributed by atoms with Crippen LogP contribution in [0.3, 0.4) is 0 Å². The molecule has 25 heavy (non-hydrogen) atoms. The van der Waals surface area contributed by atoms with E-state index in [-0.39, 0.29) is 5.91 Å². The lowest BCUT2D eigenvalue weighted by molar-refractivity contribution is 0.0572. The number of fused-ring (bicyclic) bond motifs is 1. The van der Waals surface area contributed by atoms with Crippen LogP contribution >= 0.6 is 0 Å². The van der Waals surface area contributed by atoms with Crippen molar-refractivity contribution in [2.75, 3.05) is 19.0 Å². The van der Waals surface area contributed by atoms with Crippen LogP contribution in [0.4, 0.5) is 5.69 Å². The van der Waals surface area contributed by atoms with Crippen LogP contribution in [0, 0.1) is 0 Å². The fraction of sp³-hybridized carbons (Fsp3) is 0.381. The van der Waals surface area contributed by atoms with Crippen LogP contribution < -0.4 is 10.1 Å². The molecule has 0 bridgehead atoms. The Morgan fingerprint density at radius 1 is 1.08 bits per heavy atom. The van der Waals surface area contributed by atoms with E-state index < -0.39 is 5.66 Å². The van der Waals surface area contributed by atoms with E-state index in [0.29, 0.717) is 5.56 Å². The van der Waals surface area contributed by atoms with Gasteiger partial charge in [0, 0.05) is 12.7 Å². The zero-order valence-electron chi connectivity index (χ0n) is 15.2. The van der Waals surface area contributed by atoms with Crippen LogP contribution in [-0.2, 0) is 5.66 Å². The third-order valence-electron chi connectivity index (χ3n) is 4.99. The highest BCUT2D eigenvalue weighted by Gasteiger charge is 2.42. The molecular weight excluding hydrogens is 312 g/mol. The van der Waals surface area contributed by atoms with Crippen LogP contribution in [0.5, 0.6) is 5.75 Å². The lowest BCUT2D eigenvalue weighted by atomic mass is 9.90. The minimum Gasteiger partial charge on any atom is -0.494 e. The van der Waals surface area contributed by atoms with Gasteiger partial charge in [0.15, 0.2) is 0 Å². The van der Waals surface area contributed by atoms with Gasteiger partial charge < -0.3 is 15.0 Å². The molecule has 0 saturated carbocycles. The van der Waals surface area contributed by atoms with E-state index >= 15 is 0 Å². The molecule has 0 fully saturated rings. The first-order chi connectivity index (χ1) is 12.1. The van der Waals surface area contributed by atoms with Gasteiger partial charge in [-0.05, 0) is 42.7 Å². The molecule has 1 aliphatic heterocycles. The van der Waals surface area contributed by atoms with Crippen LogP contribution in [-0.4, -0.2) is 24.5 Å². The summed E-state index contributed by atoms with van der Waals surface area (Å²) in [7, 11) is 1.86. The maximum Gasteiger partial charge on any atom is 0.257 e. The van der Waals surface area contributed by atoms with Crippen molar-refractivity contribution >= 4 is 11.6 Å². The van der Waals surface area contributed by atoms with E-state index in [9.17, 15) is 4.79 Å². The first-order valence-electron chi connectivity index (χ1n) is 9.01. The SMILES string of the molecule is CCCCOc1ccc(C2(CC)Nc3ccccc3C(=O)N2C)cc1. The zero-order valence-corrected chi connectivity index (χ0v) is 15.2.